The summed E-state index contributed by atoms with van der Waals surface area (Å²) in [6, 6.07) is 6.09. The largest absolute Gasteiger partial charge is 0.342 e. The molecule has 3 fully saturated rings. The number of carbonyl (C=O) groups is 3. The predicted octanol–water partition coefficient (Wildman–Crippen LogP) is 2.21. The van der Waals surface area contributed by atoms with Gasteiger partial charge in [-0.15, -0.1) is 0 Å². The number of likely N-dealkylation sites (tertiary alicyclic amines) is 3. The molecule has 1 aromatic rings. The minimum absolute atomic E-state index is 0.0216. The van der Waals surface area contributed by atoms with E-state index in [0.717, 1.165) is 13.0 Å². The molecule has 0 saturated carbocycles. The molecule has 0 radical (unpaired) electrons. The average molecular weight is 445 g/mol. The monoisotopic (exact) mass is 444 g/mol. The molecule has 1 atom stereocenters. The van der Waals surface area contributed by atoms with Crippen LogP contribution in [-0.4, -0.2) is 90.8 Å². The molecule has 32 heavy (non-hydrogen) atoms. The van der Waals surface area contributed by atoms with Gasteiger partial charge in [0.2, 0.25) is 11.8 Å². The van der Waals surface area contributed by atoms with Gasteiger partial charge in [-0.25, -0.2) is 9.18 Å². The molecule has 0 aliphatic carbocycles. The fraction of sp³-hybridized carbons (Fsp3) is 0.625. The molecule has 7 nitrogen and oxygen atoms in total. The number of carbonyl (C=O) groups excluding carboxylic acids is 3. The minimum atomic E-state index is -0.563. The van der Waals surface area contributed by atoms with Crippen molar-refractivity contribution in [3.63, 3.8) is 0 Å². The quantitative estimate of drug-likeness (QED) is 0.718. The summed E-state index contributed by atoms with van der Waals surface area (Å²) in [5, 5.41) is 0. The Hall–Kier alpha value is -2.64. The maximum absolute atomic E-state index is 13.5. The van der Waals surface area contributed by atoms with Gasteiger partial charge in [-0.3, -0.25) is 9.59 Å². The summed E-state index contributed by atoms with van der Waals surface area (Å²) in [6.45, 7) is 5.52. The van der Waals surface area contributed by atoms with E-state index in [1.54, 1.807) is 31.1 Å². The van der Waals surface area contributed by atoms with Gasteiger partial charge in [-0.2, -0.15) is 0 Å². The molecule has 0 unspecified atom stereocenters. The smallest absolute Gasteiger partial charge is 0.319 e. The van der Waals surface area contributed by atoms with Crippen LogP contribution in [0.3, 0.4) is 0 Å². The highest BCUT2D eigenvalue weighted by atomic mass is 19.1. The average Bonchev–Trinajstić information content (AvgIpc) is 3.26. The molecular weight excluding hydrogens is 411 g/mol. The van der Waals surface area contributed by atoms with Gasteiger partial charge in [-0.1, -0.05) is 12.1 Å². The summed E-state index contributed by atoms with van der Waals surface area (Å²) in [5.41, 5.74) is -0.207. The van der Waals surface area contributed by atoms with E-state index in [2.05, 4.69) is 0 Å². The van der Waals surface area contributed by atoms with Crippen LogP contribution in [0.25, 0.3) is 0 Å². The SMILES string of the molecule is CCN1CC[C@@]2(CN(C(=O)N(C)C)CC23CCN(C(=O)Cc2cccc(F)c2)CC3)C1=O. The molecule has 4 amide bonds. The second-order valence-corrected chi connectivity index (χ2v) is 9.72. The third-order valence-electron chi connectivity index (χ3n) is 7.83. The second kappa shape index (κ2) is 8.37. The highest BCUT2D eigenvalue weighted by Gasteiger charge is 2.66. The molecule has 4 rings (SSSR count). The highest BCUT2D eigenvalue weighted by molar-refractivity contribution is 5.88. The number of hydrogen-bond acceptors (Lipinski definition) is 3. The summed E-state index contributed by atoms with van der Waals surface area (Å²) in [4.78, 5) is 46.3. The van der Waals surface area contributed by atoms with Crippen molar-refractivity contribution in [2.24, 2.45) is 10.8 Å². The number of rotatable bonds is 3. The fourth-order valence-corrected chi connectivity index (χ4v) is 6.02. The zero-order chi connectivity index (χ0) is 23.1. The molecule has 8 heteroatoms. The summed E-state index contributed by atoms with van der Waals surface area (Å²) in [5.74, 6) is -0.202. The summed E-state index contributed by atoms with van der Waals surface area (Å²) in [6.07, 6.45) is 2.32. The van der Waals surface area contributed by atoms with Crippen LogP contribution in [0.15, 0.2) is 24.3 Å². The second-order valence-electron chi connectivity index (χ2n) is 9.72. The lowest BCUT2D eigenvalue weighted by molar-refractivity contribution is -0.143. The number of amides is 4. The number of halogens is 1. The van der Waals surface area contributed by atoms with Gasteiger partial charge in [0.25, 0.3) is 0 Å². The molecule has 2 spiro atoms. The van der Waals surface area contributed by atoms with E-state index in [9.17, 15) is 18.8 Å². The lowest BCUT2D eigenvalue weighted by Crippen LogP contribution is -2.53. The molecular formula is C24H33FN4O3. The summed E-state index contributed by atoms with van der Waals surface area (Å²) in [7, 11) is 3.48. The van der Waals surface area contributed by atoms with Gasteiger partial charge in [0.15, 0.2) is 0 Å². The van der Waals surface area contributed by atoms with Crippen molar-refractivity contribution in [1.29, 1.82) is 0 Å². The van der Waals surface area contributed by atoms with E-state index in [4.69, 9.17) is 0 Å². The Balaban J connectivity index is 1.52. The molecule has 3 heterocycles. The zero-order valence-electron chi connectivity index (χ0n) is 19.3. The number of urea groups is 1. The normalized spacial score (nSPS) is 24.6. The number of benzene rings is 1. The number of fused-ring (bicyclic) bond motifs is 1. The van der Waals surface area contributed by atoms with E-state index < -0.39 is 5.41 Å². The lowest BCUT2D eigenvalue weighted by Gasteiger charge is -2.46. The number of nitrogens with zero attached hydrogens (tertiary/aromatic N) is 4. The Labute approximate surface area is 189 Å². The van der Waals surface area contributed by atoms with Crippen LogP contribution in [0.4, 0.5) is 9.18 Å². The van der Waals surface area contributed by atoms with Crippen molar-refractivity contribution in [1.82, 2.24) is 19.6 Å². The maximum atomic E-state index is 13.5. The Morgan fingerprint density at radius 3 is 2.38 bits per heavy atom. The van der Waals surface area contributed by atoms with Crippen LogP contribution in [0.5, 0.6) is 0 Å². The summed E-state index contributed by atoms with van der Waals surface area (Å²) >= 11 is 0. The molecule has 0 aromatic heterocycles. The van der Waals surface area contributed by atoms with Gasteiger partial charge in [-0.05, 0) is 43.9 Å². The number of piperidine rings is 1. The van der Waals surface area contributed by atoms with Gasteiger partial charge >= 0.3 is 6.03 Å². The van der Waals surface area contributed by atoms with E-state index >= 15 is 0 Å². The van der Waals surface area contributed by atoms with Crippen LogP contribution < -0.4 is 0 Å². The first-order valence-corrected chi connectivity index (χ1v) is 11.5. The van der Waals surface area contributed by atoms with Crippen molar-refractivity contribution < 1.29 is 18.8 Å². The Bertz CT molecular complexity index is 912. The summed E-state index contributed by atoms with van der Waals surface area (Å²) < 4.78 is 13.5. The first kappa shape index (κ1) is 22.6. The predicted molar refractivity (Wildman–Crippen MR) is 118 cm³/mol. The highest BCUT2D eigenvalue weighted by Crippen LogP contribution is 2.58. The molecule has 3 aliphatic heterocycles. The lowest BCUT2D eigenvalue weighted by atomic mass is 9.60. The van der Waals surface area contributed by atoms with E-state index in [-0.39, 0.29) is 35.5 Å². The zero-order valence-corrected chi connectivity index (χ0v) is 19.3. The van der Waals surface area contributed by atoms with Crippen molar-refractivity contribution in [2.45, 2.75) is 32.6 Å². The topological polar surface area (TPSA) is 64.2 Å². The van der Waals surface area contributed by atoms with Gasteiger partial charge < -0.3 is 19.6 Å². The Morgan fingerprint density at radius 2 is 1.78 bits per heavy atom. The van der Waals surface area contributed by atoms with Crippen LogP contribution in [0.2, 0.25) is 0 Å². The molecule has 174 valence electrons. The molecule has 0 bridgehead atoms. The Kier molecular flexibility index (Phi) is 5.90. The van der Waals surface area contributed by atoms with Crippen LogP contribution in [0.1, 0.15) is 31.7 Å². The fourth-order valence-electron chi connectivity index (χ4n) is 6.02. The Morgan fingerprint density at radius 1 is 1.06 bits per heavy atom. The van der Waals surface area contributed by atoms with Crippen LogP contribution >= 0.6 is 0 Å². The molecule has 3 saturated heterocycles. The van der Waals surface area contributed by atoms with Gasteiger partial charge in [0.1, 0.15) is 5.82 Å². The van der Waals surface area contributed by atoms with E-state index in [0.29, 0.717) is 51.1 Å². The van der Waals surface area contributed by atoms with Gasteiger partial charge in [0, 0.05) is 58.8 Å². The maximum Gasteiger partial charge on any atom is 0.319 e. The van der Waals surface area contributed by atoms with Crippen molar-refractivity contribution in [2.75, 3.05) is 53.4 Å². The third kappa shape index (κ3) is 3.63. The van der Waals surface area contributed by atoms with Crippen molar-refractivity contribution in [3.05, 3.63) is 35.6 Å². The standard InChI is InChI=1S/C24H33FN4O3/c1-4-27-13-10-24(21(27)31)17-29(22(32)26(2)3)16-23(24)8-11-28(12-9-23)20(30)15-18-6-5-7-19(25)14-18/h5-7,14H,4,8-13,15-17H2,1-3H3/t24-/m1/s1. The first-order chi connectivity index (χ1) is 15.2. The minimum Gasteiger partial charge on any atom is -0.342 e. The van der Waals surface area contributed by atoms with Crippen LogP contribution in [0, 0.1) is 16.6 Å². The van der Waals surface area contributed by atoms with Crippen molar-refractivity contribution >= 4 is 17.8 Å². The molecule has 3 aliphatic rings. The number of hydrogen-bond donors (Lipinski definition) is 0. The van der Waals surface area contributed by atoms with Crippen LogP contribution in [-0.2, 0) is 16.0 Å². The van der Waals surface area contributed by atoms with E-state index in [1.807, 2.05) is 21.6 Å². The van der Waals surface area contributed by atoms with Crippen molar-refractivity contribution in [3.8, 4) is 0 Å². The van der Waals surface area contributed by atoms with Gasteiger partial charge in [0.05, 0.1) is 11.8 Å². The van der Waals surface area contributed by atoms with E-state index in [1.165, 1.54) is 12.1 Å². The molecule has 0 N–H and O–H groups in total. The third-order valence-corrected chi connectivity index (χ3v) is 7.83. The molecule has 1 aromatic carbocycles. The first-order valence-electron chi connectivity index (χ1n) is 11.5.